The van der Waals surface area contributed by atoms with Crippen LogP contribution in [0, 0.1) is 10.5 Å². The van der Waals surface area contributed by atoms with Crippen LogP contribution >= 0.6 is 12.2 Å². The van der Waals surface area contributed by atoms with Gasteiger partial charge in [0.2, 0.25) is 0 Å². The van der Waals surface area contributed by atoms with Crippen LogP contribution in [0.1, 0.15) is 10.4 Å². The predicted octanol–water partition coefficient (Wildman–Crippen LogP) is 3.14. The number of aromatic amines is 1. The maximum Gasteiger partial charge on any atom is 0.258 e. The summed E-state index contributed by atoms with van der Waals surface area (Å²) in [6.45, 7) is 0. The van der Waals surface area contributed by atoms with E-state index in [4.69, 9.17) is 17.0 Å². The molecule has 0 aliphatic carbocycles. The Balaban J connectivity index is 2.29. The van der Waals surface area contributed by atoms with Crippen molar-refractivity contribution in [1.29, 1.82) is 0 Å². The van der Waals surface area contributed by atoms with Crippen LogP contribution in [-0.4, -0.2) is 18.0 Å². The molecule has 1 aromatic heterocycles. The Bertz CT molecular complexity index is 670. The van der Waals surface area contributed by atoms with E-state index in [2.05, 4.69) is 10.3 Å². The third kappa shape index (κ3) is 2.97. The Labute approximate surface area is 114 Å². The fourth-order valence-corrected chi connectivity index (χ4v) is 1.75. The van der Waals surface area contributed by atoms with Crippen molar-refractivity contribution >= 4 is 23.8 Å². The van der Waals surface area contributed by atoms with Crippen LogP contribution in [0.3, 0.4) is 0 Å². The number of benzene rings is 1. The van der Waals surface area contributed by atoms with E-state index in [1.54, 1.807) is 18.3 Å². The lowest BCUT2D eigenvalue weighted by atomic mass is 10.2. The van der Waals surface area contributed by atoms with Gasteiger partial charge in [0, 0.05) is 12.3 Å². The number of rotatable bonds is 3. The summed E-state index contributed by atoms with van der Waals surface area (Å²) >= 11 is 4.99. The summed E-state index contributed by atoms with van der Waals surface area (Å²) in [5.41, 5.74) is 0.322. The Morgan fingerprint density at radius 3 is 2.89 bits per heavy atom. The number of hydrogen-bond donors (Lipinski definition) is 2. The van der Waals surface area contributed by atoms with E-state index in [0.29, 0.717) is 10.4 Å². The first kappa shape index (κ1) is 13.2. The molecule has 0 aliphatic rings. The van der Waals surface area contributed by atoms with Crippen LogP contribution in [0.25, 0.3) is 0 Å². The first-order valence-corrected chi connectivity index (χ1v) is 5.85. The van der Waals surface area contributed by atoms with Gasteiger partial charge in [-0.2, -0.15) is 0 Å². The van der Waals surface area contributed by atoms with Crippen LogP contribution in [0.5, 0.6) is 5.75 Å². The summed E-state index contributed by atoms with van der Waals surface area (Å²) in [5, 5.41) is 2.46. The number of carbonyl (C=O) groups excluding carboxylic acids is 1. The second-order valence-corrected chi connectivity index (χ2v) is 4.12. The first-order valence-electron chi connectivity index (χ1n) is 5.44. The molecule has 1 heterocycles. The van der Waals surface area contributed by atoms with Crippen molar-refractivity contribution in [3.8, 4) is 5.75 Å². The maximum atomic E-state index is 13.6. The number of pyridine rings is 1. The second-order valence-electron chi connectivity index (χ2n) is 3.71. The average molecular weight is 278 g/mol. The smallest absolute Gasteiger partial charge is 0.258 e. The molecule has 2 rings (SSSR count). The van der Waals surface area contributed by atoms with Crippen molar-refractivity contribution in [2.24, 2.45) is 0 Å². The zero-order valence-electron chi connectivity index (χ0n) is 10.1. The van der Waals surface area contributed by atoms with Gasteiger partial charge in [-0.25, -0.2) is 4.39 Å². The van der Waals surface area contributed by atoms with E-state index in [0.717, 1.165) is 0 Å². The lowest BCUT2D eigenvalue weighted by molar-refractivity contribution is 0.102. The molecule has 0 radical (unpaired) electrons. The molecular formula is C13H11FN2O2S. The predicted molar refractivity (Wildman–Crippen MR) is 72.5 cm³/mol. The summed E-state index contributed by atoms with van der Waals surface area (Å²) in [7, 11) is 1.46. The molecule has 0 saturated carbocycles. The van der Waals surface area contributed by atoms with Crippen LogP contribution in [0.15, 0.2) is 36.5 Å². The van der Waals surface area contributed by atoms with Gasteiger partial charge in [-0.1, -0.05) is 12.2 Å². The molecule has 0 saturated heterocycles. The maximum absolute atomic E-state index is 13.6. The Kier molecular flexibility index (Phi) is 3.91. The Hall–Kier alpha value is -2.21. The van der Waals surface area contributed by atoms with Crippen molar-refractivity contribution in [3.05, 3.63) is 52.5 Å². The summed E-state index contributed by atoms with van der Waals surface area (Å²) in [6, 6.07) is 7.31. The normalized spacial score (nSPS) is 10.0. The van der Waals surface area contributed by atoms with Crippen LogP contribution in [0.4, 0.5) is 10.1 Å². The zero-order valence-corrected chi connectivity index (χ0v) is 10.9. The molecule has 1 amide bonds. The molecule has 0 unspecified atom stereocenters. The minimum atomic E-state index is -0.542. The minimum Gasteiger partial charge on any atom is -0.497 e. The first-order chi connectivity index (χ1) is 9.11. The van der Waals surface area contributed by atoms with E-state index in [1.165, 1.54) is 25.3 Å². The van der Waals surface area contributed by atoms with E-state index in [9.17, 15) is 9.18 Å². The molecule has 1 aromatic carbocycles. The third-order valence-electron chi connectivity index (χ3n) is 2.48. The Morgan fingerprint density at radius 1 is 1.42 bits per heavy atom. The van der Waals surface area contributed by atoms with Gasteiger partial charge in [0.15, 0.2) is 0 Å². The number of hydrogen-bond acceptors (Lipinski definition) is 3. The van der Waals surface area contributed by atoms with Gasteiger partial charge >= 0.3 is 0 Å². The van der Waals surface area contributed by atoms with Crippen molar-refractivity contribution in [2.45, 2.75) is 0 Å². The number of carbonyl (C=O) groups is 1. The molecule has 6 heteroatoms. The van der Waals surface area contributed by atoms with Crippen LogP contribution in [-0.2, 0) is 0 Å². The minimum absolute atomic E-state index is 0.0441. The van der Waals surface area contributed by atoms with Gasteiger partial charge in [-0.05, 0) is 24.3 Å². The number of H-pyrrole nitrogens is 1. The van der Waals surface area contributed by atoms with E-state index < -0.39 is 11.7 Å². The van der Waals surface area contributed by atoms with Crippen molar-refractivity contribution in [1.82, 2.24) is 4.98 Å². The van der Waals surface area contributed by atoms with Gasteiger partial charge in [0.1, 0.15) is 16.2 Å². The fraction of sp³-hybridized carbons (Fsp3) is 0.0769. The largest absolute Gasteiger partial charge is 0.497 e. The summed E-state index contributed by atoms with van der Waals surface area (Å²) in [5.74, 6) is -0.566. The molecule has 0 atom stereocenters. The van der Waals surface area contributed by atoms with Gasteiger partial charge < -0.3 is 15.0 Å². The monoisotopic (exact) mass is 278 g/mol. The molecule has 19 heavy (non-hydrogen) atoms. The molecule has 2 N–H and O–H groups in total. The fourth-order valence-electron chi connectivity index (χ4n) is 1.52. The molecule has 0 spiro atoms. The van der Waals surface area contributed by atoms with Gasteiger partial charge in [0.25, 0.3) is 5.91 Å². The van der Waals surface area contributed by atoms with E-state index >= 15 is 0 Å². The molecular weight excluding hydrogens is 267 g/mol. The number of amides is 1. The van der Waals surface area contributed by atoms with Crippen molar-refractivity contribution < 1.29 is 13.9 Å². The molecule has 4 nitrogen and oxygen atoms in total. The molecule has 2 aromatic rings. The third-order valence-corrected chi connectivity index (χ3v) is 2.82. The number of ether oxygens (including phenoxy) is 1. The number of anilines is 1. The van der Waals surface area contributed by atoms with Gasteiger partial charge in [-0.3, -0.25) is 4.79 Å². The highest BCUT2D eigenvalue weighted by Gasteiger charge is 2.11. The lowest BCUT2D eigenvalue weighted by Crippen LogP contribution is -2.14. The molecule has 0 fully saturated rings. The van der Waals surface area contributed by atoms with Crippen LogP contribution in [0.2, 0.25) is 0 Å². The van der Waals surface area contributed by atoms with Gasteiger partial charge in [0.05, 0.1) is 18.4 Å². The Morgan fingerprint density at radius 2 is 2.21 bits per heavy atom. The highest BCUT2D eigenvalue weighted by molar-refractivity contribution is 7.71. The zero-order chi connectivity index (χ0) is 13.8. The number of methoxy groups -OCH3 is 1. The highest BCUT2D eigenvalue weighted by atomic mass is 32.1. The van der Waals surface area contributed by atoms with Gasteiger partial charge in [-0.15, -0.1) is 0 Å². The highest BCUT2D eigenvalue weighted by Crippen LogP contribution is 2.21. The van der Waals surface area contributed by atoms with E-state index in [1.807, 2.05) is 0 Å². The topological polar surface area (TPSA) is 54.1 Å². The number of nitrogens with one attached hydrogen (secondary N) is 2. The molecule has 0 aliphatic heterocycles. The summed E-state index contributed by atoms with van der Waals surface area (Å²) in [4.78, 5) is 14.7. The summed E-state index contributed by atoms with van der Waals surface area (Å²) in [6.07, 6.45) is 1.62. The van der Waals surface area contributed by atoms with E-state index in [-0.39, 0.29) is 11.3 Å². The molecule has 98 valence electrons. The lowest BCUT2D eigenvalue weighted by Gasteiger charge is -2.08. The number of aromatic nitrogens is 1. The standard InChI is InChI=1S/C13H11FN2O2S/c1-18-8-4-5-10(14)11(7-8)16-12(17)9-3-2-6-15-13(9)19/h2-7H,1H3,(H,15,19)(H,16,17). The second kappa shape index (κ2) is 5.62. The average Bonchev–Trinajstić information content (AvgIpc) is 2.41. The van der Waals surface area contributed by atoms with Crippen LogP contribution < -0.4 is 10.1 Å². The van der Waals surface area contributed by atoms with Crippen molar-refractivity contribution in [2.75, 3.05) is 12.4 Å². The summed E-state index contributed by atoms with van der Waals surface area (Å²) < 4.78 is 18.8. The van der Waals surface area contributed by atoms with Crippen molar-refractivity contribution in [3.63, 3.8) is 0 Å². The quantitative estimate of drug-likeness (QED) is 0.848. The molecule has 0 bridgehead atoms. The number of halogens is 1. The SMILES string of the molecule is COc1ccc(F)c(NC(=O)c2ccc[nH]c2=S)c1.